The quantitative estimate of drug-likeness (QED) is 0.287. The summed E-state index contributed by atoms with van der Waals surface area (Å²) in [6, 6.07) is 8.48. The molecule has 0 aliphatic carbocycles. The zero-order chi connectivity index (χ0) is 26.7. The number of nitrogens with one attached hydrogen (secondary N) is 2. The Hall–Kier alpha value is -3.77. The number of rotatable bonds is 9. The first-order valence-electron chi connectivity index (χ1n) is 11.1. The number of ether oxygens (including phenoxy) is 1. The van der Waals surface area contributed by atoms with E-state index in [4.69, 9.17) is 16.3 Å². The van der Waals surface area contributed by atoms with E-state index in [1.165, 1.54) is 13.3 Å². The summed E-state index contributed by atoms with van der Waals surface area (Å²) in [6.45, 7) is 1.45. The van der Waals surface area contributed by atoms with Gasteiger partial charge >= 0.3 is 0 Å². The van der Waals surface area contributed by atoms with Gasteiger partial charge in [-0.1, -0.05) is 30.7 Å². The average molecular weight is 550 g/mol. The number of aromatic nitrogens is 3. The van der Waals surface area contributed by atoms with Crippen LogP contribution >= 0.6 is 11.6 Å². The fourth-order valence-corrected chi connectivity index (χ4v) is 5.42. The van der Waals surface area contributed by atoms with Gasteiger partial charge in [-0.2, -0.15) is 0 Å². The minimum absolute atomic E-state index is 0.0304. The van der Waals surface area contributed by atoms with Gasteiger partial charge in [-0.05, 0) is 36.2 Å². The molecule has 0 spiro atoms. The second-order valence-electron chi connectivity index (χ2n) is 7.97. The zero-order valence-corrected chi connectivity index (χ0v) is 21.3. The van der Waals surface area contributed by atoms with Gasteiger partial charge in [0.15, 0.2) is 11.0 Å². The molecule has 0 saturated carbocycles. The number of amides is 1. The van der Waals surface area contributed by atoms with E-state index in [0.29, 0.717) is 11.3 Å². The fraction of sp³-hybridized carbons (Fsp3) is 0.208. The molecule has 2 N–H and O–H groups in total. The molecule has 1 amide bonds. The molecule has 0 unspecified atom stereocenters. The Morgan fingerprint density at radius 3 is 2.57 bits per heavy atom. The molecule has 2 aromatic heterocycles. The summed E-state index contributed by atoms with van der Waals surface area (Å²) in [5.74, 6) is -2.91. The van der Waals surface area contributed by atoms with Crippen molar-refractivity contribution in [3.8, 4) is 5.75 Å². The lowest BCUT2D eigenvalue weighted by molar-refractivity contribution is 0.102. The summed E-state index contributed by atoms with van der Waals surface area (Å²) in [6.07, 6.45) is 2.70. The van der Waals surface area contributed by atoms with E-state index in [1.54, 1.807) is 31.2 Å². The fourth-order valence-electron chi connectivity index (χ4n) is 3.71. The minimum Gasteiger partial charge on any atom is -0.497 e. The summed E-state index contributed by atoms with van der Waals surface area (Å²) < 4.78 is 62.7. The maximum absolute atomic E-state index is 15.7. The molecular weight excluding hydrogens is 528 g/mol. The molecule has 4 aromatic rings. The van der Waals surface area contributed by atoms with Crippen LogP contribution in [0, 0.1) is 11.6 Å². The lowest BCUT2D eigenvalue weighted by Gasteiger charge is -2.26. The lowest BCUT2D eigenvalue weighted by atomic mass is 10.2. The topological polar surface area (TPSA) is 117 Å². The van der Waals surface area contributed by atoms with Gasteiger partial charge in [-0.25, -0.2) is 27.2 Å². The highest BCUT2D eigenvalue weighted by Crippen LogP contribution is 2.33. The Labute approximate surface area is 216 Å². The Bertz CT molecular complexity index is 1560. The van der Waals surface area contributed by atoms with Crippen molar-refractivity contribution in [1.82, 2.24) is 15.0 Å². The molecule has 37 heavy (non-hydrogen) atoms. The molecule has 13 heteroatoms. The molecule has 0 fully saturated rings. The molecule has 2 heterocycles. The monoisotopic (exact) mass is 549 g/mol. The van der Waals surface area contributed by atoms with Crippen LogP contribution in [0.4, 0.5) is 20.2 Å². The minimum atomic E-state index is -4.01. The normalized spacial score (nSPS) is 11.5. The summed E-state index contributed by atoms with van der Waals surface area (Å²) >= 11 is 5.99. The van der Waals surface area contributed by atoms with Crippen LogP contribution in [-0.4, -0.2) is 42.1 Å². The van der Waals surface area contributed by atoms with Gasteiger partial charge in [0, 0.05) is 6.20 Å². The van der Waals surface area contributed by atoms with Crippen LogP contribution in [0.3, 0.4) is 0 Å². The number of aromatic amines is 1. The van der Waals surface area contributed by atoms with Crippen LogP contribution in [0.1, 0.15) is 29.3 Å². The number of nitrogens with zero attached hydrogens (tertiary/aromatic N) is 3. The highest BCUT2D eigenvalue weighted by molar-refractivity contribution is 7.92. The van der Waals surface area contributed by atoms with Gasteiger partial charge < -0.3 is 15.0 Å². The Morgan fingerprint density at radius 2 is 1.89 bits per heavy atom. The highest BCUT2D eigenvalue weighted by atomic mass is 35.5. The van der Waals surface area contributed by atoms with E-state index < -0.39 is 38.9 Å². The van der Waals surface area contributed by atoms with Crippen molar-refractivity contribution in [2.24, 2.45) is 0 Å². The molecule has 0 atom stereocenters. The maximum atomic E-state index is 15.7. The average Bonchev–Trinajstić information content (AvgIpc) is 3.31. The molecule has 0 aliphatic heterocycles. The van der Waals surface area contributed by atoms with Crippen molar-refractivity contribution < 1.29 is 26.7 Å². The van der Waals surface area contributed by atoms with Gasteiger partial charge in [0.25, 0.3) is 5.91 Å². The van der Waals surface area contributed by atoms with Crippen molar-refractivity contribution in [3.05, 3.63) is 76.8 Å². The zero-order valence-electron chi connectivity index (χ0n) is 19.8. The predicted octanol–water partition coefficient (Wildman–Crippen LogP) is 4.90. The van der Waals surface area contributed by atoms with E-state index >= 15 is 4.39 Å². The first-order chi connectivity index (χ1) is 17.7. The van der Waals surface area contributed by atoms with Gasteiger partial charge in [0.1, 0.15) is 34.6 Å². The first kappa shape index (κ1) is 26.3. The number of methoxy groups -OCH3 is 1. The summed E-state index contributed by atoms with van der Waals surface area (Å²) in [5, 5.41) is 2.27. The van der Waals surface area contributed by atoms with Crippen molar-refractivity contribution in [2.45, 2.75) is 19.9 Å². The van der Waals surface area contributed by atoms with E-state index in [1.807, 2.05) is 0 Å². The van der Waals surface area contributed by atoms with Gasteiger partial charge in [0.05, 0.1) is 30.7 Å². The highest BCUT2D eigenvalue weighted by Gasteiger charge is 2.28. The number of anilines is 2. The number of H-pyrrole nitrogens is 1. The van der Waals surface area contributed by atoms with E-state index in [2.05, 4.69) is 20.3 Å². The Balaban J connectivity index is 1.73. The molecule has 194 valence electrons. The molecule has 9 nitrogen and oxygen atoms in total. The van der Waals surface area contributed by atoms with Crippen LogP contribution in [0.5, 0.6) is 5.75 Å². The molecule has 2 aromatic carbocycles. The van der Waals surface area contributed by atoms with Crippen molar-refractivity contribution in [3.63, 3.8) is 0 Å². The van der Waals surface area contributed by atoms with E-state index in [9.17, 15) is 17.6 Å². The standard InChI is InChI=1S/C24H22ClF2N5O4S/c1-3-10-37(34,35)32(12-14-4-6-15(36-2)7-5-14)18-9-8-17(26)21(19(18)27)31-24(33)16-11-28-22-20(16)29-13-30-23(22)25/h4-9,11,13,28H,3,10,12H2,1-2H3,(H,31,33). The number of hydrogen-bond acceptors (Lipinski definition) is 6. The van der Waals surface area contributed by atoms with Gasteiger partial charge in [0.2, 0.25) is 10.0 Å². The second kappa shape index (κ2) is 10.7. The smallest absolute Gasteiger partial charge is 0.259 e. The van der Waals surface area contributed by atoms with E-state index in [0.717, 1.165) is 22.8 Å². The molecule has 0 saturated heterocycles. The Morgan fingerprint density at radius 1 is 1.16 bits per heavy atom. The first-order valence-corrected chi connectivity index (χ1v) is 13.0. The third kappa shape index (κ3) is 5.35. The van der Waals surface area contributed by atoms with Gasteiger partial charge in [-0.3, -0.25) is 9.10 Å². The summed E-state index contributed by atoms with van der Waals surface area (Å²) in [4.78, 5) is 23.5. The predicted molar refractivity (Wildman–Crippen MR) is 136 cm³/mol. The number of carbonyl (C=O) groups is 1. The number of fused-ring (bicyclic) bond motifs is 1. The summed E-state index contributed by atoms with van der Waals surface area (Å²) in [7, 11) is -2.51. The van der Waals surface area contributed by atoms with Crippen molar-refractivity contribution in [1.29, 1.82) is 0 Å². The van der Waals surface area contributed by atoms with Crippen LogP contribution < -0.4 is 14.4 Å². The Kier molecular flexibility index (Phi) is 7.60. The number of hydrogen-bond donors (Lipinski definition) is 2. The third-order valence-electron chi connectivity index (χ3n) is 5.52. The van der Waals surface area contributed by atoms with Crippen molar-refractivity contribution >= 4 is 49.9 Å². The second-order valence-corrected chi connectivity index (χ2v) is 10.3. The number of halogens is 3. The largest absolute Gasteiger partial charge is 0.497 e. The molecule has 0 bridgehead atoms. The number of benzene rings is 2. The molecular formula is C24H22ClF2N5O4S. The van der Waals surface area contributed by atoms with Crippen LogP contribution in [0.15, 0.2) is 48.9 Å². The van der Waals surface area contributed by atoms with Crippen LogP contribution in [0.2, 0.25) is 5.15 Å². The molecule has 0 aliphatic rings. The van der Waals surface area contributed by atoms with Crippen LogP contribution in [0.25, 0.3) is 11.0 Å². The van der Waals surface area contributed by atoms with Crippen molar-refractivity contribution in [2.75, 3.05) is 22.5 Å². The van der Waals surface area contributed by atoms with E-state index in [-0.39, 0.29) is 40.5 Å². The number of sulfonamides is 1. The maximum Gasteiger partial charge on any atom is 0.259 e. The number of carbonyl (C=O) groups excluding carboxylic acids is 1. The third-order valence-corrected chi connectivity index (χ3v) is 7.73. The lowest BCUT2D eigenvalue weighted by Crippen LogP contribution is -2.33. The molecule has 0 radical (unpaired) electrons. The summed E-state index contributed by atoms with van der Waals surface area (Å²) in [5.41, 5.74) is -0.266. The SMILES string of the molecule is CCCS(=O)(=O)N(Cc1ccc(OC)cc1)c1ccc(F)c(NC(=O)c2c[nH]c3c(Cl)ncnc23)c1F. The van der Waals surface area contributed by atoms with Gasteiger partial charge in [-0.15, -0.1) is 0 Å². The van der Waals surface area contributed by atoms with Crippen LogP contribution in [-0.2, 0) is 16.6 Å². The molecule has 4 rings (SSSR count).